The highest BCUT2D eigenvalue weighted by Crippen LogP contribution is 2.14. The minimum atomic E-state index is -3.31. The number of nitrogens with two attached hydrogens (primary N) is 1. The number of aliphatic hydroxyl groups is 1. The number of unbranched alkanes of at least 4 members (excludes halogenated alkanes) is 2. The minimum absolute atomic E-state index is 0.0711. The molecule has 0 aromatic heterocycles. The lowest BCUT2D eigenvalue weighted by Crippen LogP contribution is -2.32. The summed E-state index contributed by atoms with van der Waals surface area (Å²) in [5.41, 5.74) is 6.20. The molecule has 0 aliphatic heterocycles. The number of rotatable bonds is 10. The van der Waals surface area contributed by atoms with E-state index in [4.69, 9.17) is 15.6 Å². The Morgan fingerprint density at radius 3 is 2.71 bits per heavy atom. The first-order valence-electron chi connectivity index (χ1n) is 6.99. The number of anilines is 1. The highest BCUT2D eigenvalue weighted by atomic mass is 32.2. The Kier molecular flexibility index (Phi) is 7.49. The lowest BCUT2D eigenvalue weighted by atomic mass is 10.2. The topological polar surface area (TPSA) is 92.9 Å². The highest BCUT2D eigenvalue weighted by Gasteiger charge is 2.17. The molecule has 6 nitrogen and oxygen atoms in total. The number of ether oxygens (including phenoxy) is 1. The monoisotopic (exact) mass is 316 g/mol. The van der Waals surface area contributed by atoms with Gasteiger partial charge in [-0.25, -0.2) is 12.7 Å². The SMILES string of the molecule is CN(CCCCCO)S(=O)(=O)CCOc1cccc(N)c1. The van der Waals surface area contributed by atoms with Crippen molar-refractivity contribution in [2.45, 2.75) is 19.3 Å². The molecule has 0 heterocycles. The zero-order chi connectivity index (χ0) is 15.7. The van der Waals surface area contributed by atoms with Crippen molar-refractivity contribution in [3.63, 3.8) is 0 Å². The Hall–Kier alpha value is -1.31. The van der Waals surface area contributed by atoms with Crippen molar-refractivity contribution in [3.05, 3.63) is 24.3 Å². The summed E-state index contributed by atoms with van der Waals surface area (Å²) in [5.74, 6) is 0.494. The molecule has 21 heavy (non-hydrogen) atoms. The maximum absolute atomic E-state index is 12.0. The Bertz CT molecular complexity index is 519. The molecule has 120 valence electrons. The molecule has 0 radical (unpaired) electrons. The maximum atomic E-state index is 12.0. The van der Waals surface area contributed by atoms with Gasteiger partial charge in [-0.15, -0.1) is 0 Å². The van der Waals surface area contributed by atoms with Gasteiger partial charge in [0.2, 0.25) is 10.0 Å². The van der Waals surface area contributed by atoms with E-state index >= 15 is 0 Å². The molecule has 0 spiro atoms. The predicted octanol–water partition coefficient (Wildman–Crippen LogP) is 1.07. The summed E-state index contributed by atoms with van der Waals surface area (Å²) >= 11 is 0. The van der Waals surface area contributed by atoms with Gasteiger partial charge in [0.1, 0.15) is 12.4 Å². The Balaban J connectivity index is 2.35. The average molecular weight is 316 g/mol. The molecule has 0 fully saturated rings. The molecule has 0 atom stereocenters. The van der Waals surface area contributed by atoms with Crippen molar-refractivity contribution in [1.82, 2.24) is 4.31 Å². The normalized spacial score (nSPS) is 11.8. The van der Waals surface area contributed by atoms with Crippen LogP contribution in [0, 0.1) is 0 Å². The number of sulfonamides is 1. The van der Waals surface area contributed by atoms with Crippen LogP contribution in [0.1, 0.15) is 19.3 Å². The standard InChI is InChI=1S/C14H24N2O4S/c1-16(8-3-2-4-9-17)21(18,19)11-10-20-14-7-5-6-13(15)12-14/h5-7,12,17H,2-4,8-11,15H2,1H3. The van der Waals surface area contributed by atoms with E-state index in [1.807, 2.05) is 0 Å². The molecule has 7 heteroatoms. The molecule has 1 aromatic carbocycles. The summed E-state index contributed by atoms with van der Waals surface area (Å²) in [6.07, 6.45) is 2.26. The second-order valence-corrected chi connectivity index (χ2v) is 7.04. The van der Waals surface area contributed by atoms with Crippen molar-refractivity contribution in [2.24, 2.45) is 0 Å². The fourth-order valence-electron chi connectivity index (χ4n) is 1.79. The Morgan fingerprint density at radius 2 is 2.05 bits per heavy atom. The van der Waals surface area contributed by atoms with E-state index < -0.39 is 10.0 Å². The van der Waals surface area contributed by atoms with Gasteiger partial charge in [-0.1, -0.05) is 6.07 Å². The van der Waals surface area contributed by atoms with Crippen LogP contribution in [0.3, 0.4) is 0 Å². The highest BCUT2D eigenvalue weighted by molar-refractivity contribution is 7.89. The first-order valence-corrected chi connectivity index (χ1v) is 8.60. The second-order valence-electron chi connectivity index (χ2n) is 4.84. The Labute approximate surface area is 126 Å². The number of nitrogen functional groups attached to an aromatic ring is 1. The van der Waals surface area contributed by atoms with Gasteiger partial charge in [-0.2, -0.15) is 0 Å². The van der Waals surface area contributed by atoms with Crippen LogP contribution >= 0.6 is 0 Å². The molecule has 3 N–H and O–H groups in total. The Morgan fingerprint density at radius 1 is 1.29 bits per heavy atom. The number of hydrogen-bond acceptors (Lipinski definition) is 5. The van der Waals surface area contributed by atoms with Crippen LogP contribution in [0.2, 0.25) is 0 Å². The van der Waals surface area contributed by atoms with Crippen LogP contribution in [0.15, 0.2) is 24.3 Å². The summed E-state index contributed by atoms with van der Waals surface area (Å²) in [6.45, 7) is 0.692. The number of aliphatic hydroxyl groups excluding tert-OH is 1. The third-order valence-electron chi connectivity index (χ3n) is 3.07. The molecule has 1 rings (SSSR count). The molecule has 0 saturated carbocycles. The van der Waals surface area contributed by atoms with E-state index in [1.54, 1.807) is 31.3 Å². The third kappa shape index (κ3) is 6.79. The molecule has 0 saturated heterocycles. The molecule has 0 amide bonds. The van der Waals surface area contributed by atoms with Gasteiger partial charge < -0.3 is 15.6 Å². The average Bonchev–Trinajstić information content (AvgIpc) is 2.43. The number of hydrogen-bond donors (Lipinski definition) is 2. The summed E-state index contributed by atoms with van der Waals surface area (Å²) in [5, 5.41) is 8.68. The van der Waals surface area contributed by atoms with Gasteiger partial charge >= 0.3 is 0 Å². The molecule has 0 unspecified atom stereocenters. The van der Waals surface area contributed by atoms with E-state index in [1.165, 1.54) is 4.31 Å². The summed E-state index contributed by atoms with van der Waals surface area (Å²) < 4.78 is 30.8. The van der Waals surface area contributed by atoms with Gasteiger partial charge in [-0.3, -0.25) is 0 Å². The van der Waals surface area contributed by atoms with Crippen molar-refractivity contribution >= 4 is 15.7 Å². The second kappa shape index (κ2) is 8.86. The van der Waals surface area contributed by atoms with Crippen LogP contribution in [0.4, 0.5) is 5.69 Å². The lowest BCUT2D eigenvalue weighted by molar-refractivity contribution is 0.281. The molecule has 1 aromatic rings. The van der Waals surface area contributed by atoms with Gasteiger partial charge in [0.05, 0.1) is 5.75 Å². The quantitative estimate of drug-likeness (QED) is 0.497. The third-order valence-corrected chi connectivity index (χ3v) is 4.89. The van der Waals surface area contributed by atoms with Crippen molar-refractivity contribution < 1.29 is 18.3 Å². The fourth-order valence-corrected chi connectivity index (χ4v) is 2.80. The summed E-state index contributed by atoms with van der Waals surface area (Å²) in [7, 11) is -1.75. The fraction of sp³-hybridized carbons (Fsp3) is 0.571. The van der Waals surface area contributed by atoms with Crippen LogP contribution in [-0.2, 0) is 10.0 Å². The first-order chi connectivity index (χ1) is 9.95. The molecular formula is C14H24N2O4S. The van der Waals surface area contributed by atoms with E-state index in [9.17, 15) is 8.42 Å². The first kappa shape index (κ1) is 17.7. The van der Waals surface area contributed by atoms with E-state index in [0.29, 0.717) is 24.4 Å². The lowest BCUT2D eigenvalue weighted by Gasteiger charge is -2.17. The summed E-state index contributed by atoms with van der Waals surface area (Å²) in [6, 6.07) is 6.89. The zero-order valence-corrected chi connectivity index (χ0v) is 13.2. The smallest absolute Gasteiger partial charge is 0.217 e. The molecule has 0 aliphatic rings. The van der Waals surface area contributed by atoms with Gasteiger partial charge in [0.15, 0.2) is 0 Å². The minimum Gasteiger partial charge on any atom is -0.492 e. The zero-order valence-electron chi connectivity index (χ0n) is 12.4. The van der Waals surface area contributed by atoms with Crippen LogP contribution in [0.25, 0.3) is 0 Å². The van der Waals surface area contributed by atoms with Gasteiger partial charge in [0.25, 0.3) is 0 Å². The van der Waals surface area contributed by atoms with Crippen LogP contribution < -0.4 is 10.5 Å². The van der Waals surface area contributed by atoms with Crippen molar-refractivity contribution in [1.29, 1.82) is 0 Å². The number of nitrogens with zero attached hydrogens (tertiary/aromatic N) is 1. The predicted molar refractivity (Wildman–Crippen MR) is 83.7 cm³/mol. The molecule has 0 bridgehead atoms. The van der Waals surface area contributed by atoms with E-state index in [-0.39, 0.29) is 19.0 Å². The van der Waals surface area contributed by atoms with Crippen molar-refractivity contribution in [3.8, 4) is 5.75 Å². The number of benzene rings is 1. The van der Waals surface area contributed by atoms with Crippen molar-refractivity contribution in [2.75, 3.05) is 38.3 Å². The van der Waals surface area contributed by atoms with Gasteiger partial charge in [0, 0.05) is 32.0 Å². The van der Waals surface area contributed by atoms with Crippen LogP contribution in [-0.4, -0.2) is 50.4 Å². The summed E-state index contributed by atoms with van der Waals surface area (Å²) in [4.78, 5) is 0. The molecule has 0 aliphatic carbocycles. The molecular weight excluding hydrogens is 292 g/mol. The van der Waals surface area contributed by atoms with Crippen LogP contribution in [0.5, 0.6) is 5.75 Å². The van der Waals surface area contributed by atoms with E-state index in [2.05, 4.69) is 0 Å². The van der Waals surface area contributed by atoms with E-state index in [0.717, 1.165) is 12.8 Å². The van der Waals surface area contributed by atoms with Gasteiger partial charge in [-0.05, 0) is 31.4 Å². The largest absolute Gasteiger partial charge is 0.492 e. The maximum Gasteiger partial charge on any atom is 0.217 e.